The minimum atomic E-state index is -0.675. The van der Waals surface area contributed by atoms with Gasteiger partial charge in [-0.15, -0.1) is 0 Å². The van der Waals surface area contributed by atoms with E-state index in [1.54, 1.807) is 0 Å². The zero-order chi connectivity index (χ0) is 18.2. The van der Waals surface area contributed by atoms with Gasteiger partial charge in [-0.05, 0) is 52.9 Å². The molecule has 3 atom stereocenters. The van der Waals surface area contributed by atoms with E-state index in [2.05, 4.69) is 36.3 Å². The molecule has 0 radical (unpaired) electrons. The third-order valence-corrected chi connectivity index (χ3v) is 7.02. The zero-order valence-electron chi connectivity index (χ0n) is 16.6. The van der Waals surface area contributed by atoms with E-state index >= 15 is 0 Å². The highest BCUT2D eigenvalue weighted by Gasteiger charge is 2.30. The Hall–Kier alpha value is -0.620. The van der Waals surface area contributed by atoms with Gasteiger partial charge in [-0.3, -0.25) is 14.1 Å². The summed E-state index contributed by atoms with van der Waals surface area (Å²) in [6.07, 6.45) is 7.12. The lowest BCUT2D eigenvalue weighted by molar-refractivity contribution is 0.218. The summed E-state index contributed by atoms with van der Waals surface area (Å²) in [5.74, 6) is 1.70. The van der Waals surface area contributed by atoms with E-state index in [0.29, 0.717) is 17.3 Å². The first-order valence-corrected chi connectivity index (χ1v) is 11.6. The van der Waals surface area contributed by atoms with Crippen molar-refractivity contribution in [3.8, 4) is 0 Å². The molecule has 0 bridgehead atoms. The molecule has 0 saturated heterocycles. The molecule has 2 N–H and O–H groups in total. The highest BCUT2D eigenvalue weighted by molar-refractivity contribution is 7.85. The van der Waals surface area contributed by atoms with Crippen LogP contribution in [0.15, 0.2) is 4.99 Å². The molecule has 0 heterocycles. The molecule has 0 aromatic rings. The molecule has 2 aliphatic rings. The smallest absolute Gasteiger partial charge is 0.191 e. The van der Waals surface area contributed by atoms with Gasteiger partial charge in [-0.2, -0.15) is 0 Å². The zero-order valence-corrected chi connectivity index (χ0v) is 17.4. The largest absolute Gasteiger partial charge is 0.357 e. The Morgan fingerprint density at radius 3 is 2.60 bits per heavy atom. The van der Waals surface area contributed by atoms with Crippen LogP contribution in [0.1, 0.15) is 66.2 Å². The molecule has 25 heavy (non-hydrogen) atoms. The van der Waals surface area contributed by atoms with Gasteiger partial charge in [0.25, 0.3) is 0 Å². The SMILES string of the molecule is CCNC(=NCCN(C(C)C)C1CC1)NC1CCCC(S(=O)CC)C1. The molecule has 0 amide bonds. The van der Waals surface area contributed by atoms with Crippen LogP contribution in [0, 0.1) is 0 Å². The van der Waals surface area contributed by atoms with Crippen molar-refractivity contribution in [2.75, 3.05) is 25.4 Å². The second-order valence-electron chi connectivity index (χ2n) is 7.62. The van der Waals surface area contributed by atoms with Crippen LogP contribution in [0.5, 0.6) is 0 Å². The van der Waals surface area contributed by atoms with Gasteiger partial charge in [0.1, 0.15) is 0 Å². The Balaban J connectivity index is 1.85. The molecule has 6 heteroatoms. The molecular weight excluding hydrogens is 332 g/mol. The molecule has 5 nitrogen and oxygen atoms in total. The Kier molecular flexibility index (Phi) is 8.70. The molecule has 0 aromatic heterocycles. The van der Waals surface area contributed by atoms with Crippen LogP contribution in [-0.2, 0) is 10.8 Å². The van der Waals surface area contributed by atoms with Gasteiger partial charge in [0.2, 0.25) is 0 Å². The molecule has 3 unspecified atom stereocenters. The number of nitrogens with zero attached hydrogens (tertiary/aromatic N) is 2. The number of aliphatic imine (C=N–C) groups is 1. The van der Waals surface area contributed by atoms with Gasteiger partial charge < -0.3 is 10.6 Å². The average molecular weight is 371 g/mol. The average Bonchev–Trinajstić information content (AvgIpc) is 3.42. The van der Waals surface area contributed by atoms with Crippen molar-refractivity contribution < 1.29 is 4.21 Å². The summed E-state index contributed by atoms with van der Waals surface area (Å²) in [5, 5.41) is 7.33. The third-order valence-electron chi connectivity index (χ3n) is 5.27. The van der Waals surface area contributed by atoms with Crippen LogP contribution in [-0.4, -0.2) is 63.8 Å². The summed E-state index contributed by atoms with van der Waals surface area (Å²) in [7, 11) is -0.675. The monoisotopic (exact) mass is 370 g/mol. The number of hydrogen-bond donors (Lipinski definition) is 2. The summed E-state index contributed by atoms with van der Waals surface area (Å²) >= 11 is 0. The van der Waals surface area contributed by atoms with Crippen molar-refractivity contribution in [2.24, 2.45) is 4.99 Å². The molecular formula is C19H38N4OS. The summed E-state index contributed by atoms with van der Waals surface area (Å²) in [6.45, 7) is 11.4. The van der Waals surface area contributed by atoms with Crippen LogP contribution >= 0.6 is 0 Å². The van der Waals surface area contributed by atoms with Crippen molar-refractivity contribution >= 4 is 16.8 Å². The van der Waals surface area contributed by atoms with E-state index in [4.69, 9.17) is 4.99 Å². The standard InChI is InChI=1S/C19H38N4OS/c1-5-20-19(21-12-13-23(15(3)4)17-10-11-17)22-16-8-7-9-18(14-16)25(24)6-2/h15-18H,5-14H2,1-4H3,(H2,20,21,22). The van der Waals surface area contributed by atoms with Gasteiger partial charge in [-0.25, -0.2) is 0 Å². The van der Waals surface area contributed by atoms with Crippen LogP contribution in [0.4, 0.5) is 0 Å². The van der Waals surface area contributed by atoms with Gasteiger partial charge in [0.15, 0.2) is 5.96 Å². The number of guanidine groups is 1. The molecule has 2 saturated carbocycles. The number of hydrogen-bond acceptors (Lipinski definition) is 3. The Morgan fingerprint density at radius 1 is 1.24 bits per heavy atom. The lowest BCUT2D eigenvalue weighted by Gasteiger charge is -2.30. The number of nitrogens with one attached hydrogen (secondary N) is 2. The van der Waals surface area contributed by atoms with Crippen LogP contribution in [0.25, 0.3) is 0 Å². The lowest BCUT2D eigenvalue weighted by Crippen LogP contribution is -2.47. The minimum absolute atomic E-state index is 0.352. The lowest BCUT2D eigenvalue weighted by atomic mass is 9.95. The molecule has 2 rings (SSSR count). The maximum Gasteiger partial charge on any atom is 0.191 e. The van der Waals surface area contributed by atoms with E-state index in [-0.39, 0.29) is 0 Å². The fourth-order valence-corrected chi connectivity index (χ4v) is 5.16. The maximum absolute atomic E-state index is 12.1. The first-order chi connectivity index (χ1) is 12.0. The number of rotatable bonds is 9. The Labute approximate surface area is 156 Å². The van der Waals surface area contributed by atoms with E-state index in [9.17, 15) is 4.21 Å². The molecule has 2 aliphatic carbocycles. The quantitative estimate of drug-likeness (QED) is 0.484. The van der Waals surface area contributed by atoms with Gasteiger partial charge in [0.05, 0.1) is 6.54 Å². The minimum Gasteiger partial charge on any atom is -0.357 e. The molecule has 146 valence electrons. The van der Waals surface area contributed by atoms with Crippen molar-refractivity contribution in [1.29, 1.82) is 0 Å². The summed E-state index contributed by atoms with van der Waals surface area (Å²) in [4.78, 5) is 7.38. The molecule has 2 fully saturated rings. The van der Waals surface area contributed by atoms with Crippen molar-refractivity contribution in [3.05, 3.63) is 0 Å². The summed E-state index contributed by atoms with van der Waals surface area (Å²) in [5.41, 5.74) is 0. The highest BCUT2D eigenvalue weighted by atomic mass is 32.2. The molecule has 0 spiro atoms. The molecule has 0 aromatic carbocycles. The van der Waals surface area contributed by atoms with Crippen molar-refractivity contribution in [1.82, 2.24) is 15.5 Å². The fourth-order valence-electron chi connectivity index (χ4n) is 3.81. The second kappa shape index (κ2) is 10.5. The van der Waals surface area contributed by atoms with Crippen LogP contribution < -0.4 is 10.6 Å². The Bertz CT molecular complexity index is 449. The summed E-state index contributed by atoms with van der Waals surface area (Å²) in [6, 6.07) is 1.78. The molecule has 0 aliphatic heterocycles. The van der Waals surface area contributed by atoms with Crippen molar-refractivity contribution in [2.45, 2.75) is 89.6 Å². The van der Waals surface area contributed by atoms with Gasteiger partial charge in [0, 0.05) is 53.0 Å². The Morgan fingerprint density at radius 2 is 2.00 bits per heavy atom. The maximum atomic E-state index is 12.1. The van der Waals surface area contributed by atoms with E-state index in [0.717, 1.165) is 63.1 Å². The second-order valence-corrected chi connectivity index (χ2v) is 9.63. The fraction of sp³-hybridized carbons (Fsp3) is 0.947. The first-order valence-electron chi connectivity index (χ1n) is 10.2. The third kappa shape index (κ3) is 6.89. The van der Waals surface area contributed by atoms with E-state index < -0.39 is 10.8 Å². The topological polar surface area (TPSA) is 56.7 Å². The normalized spacial score (nSPS) is 26.1. The summed E-state index contributed by atoms with van der Waals surface area (Å²) < 4.78 is 12.1. The van der Waals surface area contributed by atoms with Gasteiger partial charge >= 0.3 is 0 Å². The predicted molar refractivity (Wildman–Crippen MR) is 109 cm³/mol. The van der Waals surface area contributed by atoms with Gasteiger partial charge in [-0.1, -0.05) is 13.3 Å². The van der Waals surface area contributed by atoms with E-state index in [1.807, 2.05) is 6.92 Å². The highest BCUT2D eigenvalue weighted by Crippen LogP contribution is 2.28. The predicted octanol–water partition coefficient (Wildman–Crippen LogP) is 2.49. The van der Waals surface area contributed by atoms with Crippen molar-refractivity contribution in [3.63, 3.8) is 0 Å². The van der Waals surface area contributed by atoms with Crippen LogP contribution in [0.2, 0.25) is 0 Å². The van der Waals surface area contributed by atoms with Crippen LogP contribution in [0.3, 0.4) is 0 Å². The first kappa shape index (κ1) is 20.7. The van der Waals surface area contributed by atoms with E-state index in [1.165, 1.54) is 12.8 Å².